The van der Waals surface area contributed by atoms with Gasteiger partial charge in [0.15, 0.2) is 5.60 Å². The molecule has 0 spiro atoms. The van der Waals surface area contributed by atoms with Gasteiger partial charge in [0.25, 0.3) is 0 Å². The fourth-order valence-corrected chi connectivity index (χ4v) is 7.57. The van der Waals surface area contributed by atoms with Crippen molar-refractivity contribution in [3.63, 3.8) is 0 Å². The first-order valence-corrected chi connectivity index (χ1v) is 10.7. The van der Waals surface area contributed by atoms with Gasteiger partial charge in [0.05, 0.1) is 0 Å². The lowest BCUT2D eigenvalue weighted by atomic mass is 9.49. The highest BCUT2D eigenvalue weighted by molar-refractivity contribution is 5.23. The lowest BCUT2D eigenvalue weighted by molar-refractivity contribution is -0.282. The molecule has 4 aliphatic rings. The zero-order valence-electron chi connectivity index (χ0n) is 16.1. The molecule has 0 aromatic heterocycles. The van der Waals surface area contributed by atoms with E-state index in [2.05, 4.69) is 19.9 Å². The molecule has 4 fully saturated rings. The molecule has 7 atom stereocenters. The number of hydrogen-bond acceptors (Lipinski definition) is 1. The summed E-state index contributed by atoms with van der Waals surface area (Å²) in [6.45, 7) is 4.67. The van der Waals surface area contributed by atoms with Crippen molar-refractivity contribution >= 4 is 0 Å². The normalized spacial score (nSPS) is 50.2. The summed E-state index contributed by atoms with van der Waals surface area (Å²) in [5.74, 6) is 2.47. The van der Waals surface area contributed by atoms with Gasteiger partial charge in [0.2, 0.25) is 0 Å². The summed E-state index contributed by atoms with van der Waals surface area (Å²) in [6, 6.07) is 0. The van der Waals surface area contributed by atoms with E-state index in [0.29, 0.717) is 29.6 Å². The highest BCUT2D eigenvalue weighted by atomic mass is 19.4. The monoisotopic (exact) mass is 370 g/mol. The molecule has 7 unspecified atom stereocenters. The largest absolute Gasteiger partial charge is 0.417 e. The minimum Gasteiger partial charge on any atom is -0.380 e. The quantitative estimate of drug-likeness (QED) is 0.539. The first kappa shape index (κ1) is 18.8. The summed E-state index contributed by atoms with van der Waals surface area (Å²) in [5, 5.41) is 10.2. The highest BCUT2D eigenvalue weighted by Crippen LogP contribution is 2.65. The van der Waals surface area contributed by atoms with Crippen LogP contribution in [0.2, 0.25) is 0 Å². The van der Waals surface area contributed by atoms with E-state index in [4.69, 9.17) is 0 Å². The predicted octanol–water partition coefficient (Wildman–Crippen LogP) is 6.27. The van der Waals surface area contributed by atoms with Crippen LogP contribution in [-0.2, 0) is 0 Å². The van der Waals surface area contributed by atoms with Gasteiger partial charge < -0.3 is 5.11 Å². The maximum absolute atomic E-state index is 13.3. The van der Waals surface area contributed by atoms with Crippen molar-refractivity contribution in [1.82, 2.24) is 0 Å². The van der Waals surface area contributed by atoms with Crippen molar-refractivity contribution < 1.29 is 18.3 Å². The van der Waals surface area contributed by atoms with Crippen molar-refractivity contribution in [2.75, 3.05) is 0 Å². The Labute approximate surface area is 155 Å². The molecule has 4 rings (SSSR count). The lowest BCUT2D eigenvalue weighted by Gasteiger charge is -2.56. The fraction of sp³-hybridized carbons (Fsp3) is 0.909. The summed E-state index contributed by atoms with van der Waals surface area (Å²) in [4.78, 5) is 0. The van der Waals surface area contributed by atoms with Crippen molar-refractivity contribution in [3.8, 4) is 0 Å². The fourth-order valence-electron chi connectivity index (χ4n) is 7.57. The number of allylic oxidation sites excluding steroid dienone is 2. The molecule has 0 amide bonds. The third kappa shape index (κ3) is 2.69. The topological polar surface area (TPSA) is 20.2 Å². The minimum absolute atomic E-state index is 0.0622. The van der Waals surface area contributed by atoms with Gasteiger partial charge in [-0.1, -0.05) is 25.5 Å². The summed E-state index contributed by atoms with van der Waals surface area (Å²) in [5.41, 5.74) is -0.444. The molecular formula is C22H33F3O. The van der Waals surface area contributed by atoms with Crippen molar-refractivity contribution in [3.05, 3.63) is 11.6 Å². The van der Waals surface area contributed by atoms with Crippen molar-refractivity contribution in [2.45, 2.75) is 89.8 Å². The molecule has 4 aliphatic carbocycles. The van der Waals surface area contributed by atoms with Crippen LogP contribution in [0.1, 0.15) is 78.1 Å². The van der Waals surface area contributed by atoms with Crippen LogP contribution in [0.25, 0.3) is 0 Å². The number of fused-ring (bicyclic) bond motifs is 5. The van der Waals surface area contributed by atoms with Crippen molar-refractivity contribution in [2.24, 2.45) is 35.0 Å². The van der Waals surface area contributed by atoms with Gasteiger partial charge in [0.1, 0.15) is 0 Å². The van der Waals surface area contributed by atoms with E-state index in [9.17, 15) is 18.3 Å². The second-order valence-corrected chi connectivity index (χ2v) is 9.84. The van der Waals surface area contributed by atoms with Crippen LogP contribution in [0.4, 0.5) is 13.2 Å². The van der Waals surface area contributed by atoms with E-state index in [1.54, 1.807) is 5.57 Å². The van der Waals surface area contributed by atoms with Crippen LogP contribution in [0.15, 0.2) is 11.6 Å². The standard InChI is InChI=1S/C22H33F3O/c1-3-4-15-6-8-19-18-7-5-14-13-21(26,22(23,24)25)12-10-16(14)17(18)9-11-20(15,19)2/h4,14,16-19,26H,3,5-13H2,1-2H3/b15-4+. The molecule has 1 nitrogen and oxygen atoms in total. The van der Waals surface area contributed by atoms with Crippen LogP contribution in [0.3, 0.4) is 0 Å². The maximum atomic E-state index is 13.3. The number of hydrogen-bond donors (Lipinski definition) is 1. The highest BCUT2D eigenvalue weighted by Gasteiger charge is 2.61. The third-order valence-electron chi connectivity index (χ3n) is 8.84. The number of rotatable bonds is 1. The van der Waals surface area contributed by atoms with Gasteiger partial charge in [-0.2, -0.15) is 13.2 Å². The second-order valence-electron chi connectivity index (χ2n) is 9.84. The predicted molar refractivity (Wildman–Crippen MR) is 96.5 cm³/mol. The molecule has 0 aromatic rings. The SMILES string of the molecule is CC/C=C1\CCC2C3CCC4CC(O)(C(F)(F)F)CCC4C3CCC12C. The average molecular weight is 370 g/mol. The zero-order valence-corrected chi connectivity index (χ0v) is 16.1. The Morgan fingerprint density at radius 1 is 1.04 bits per heavy atom. The molecular weight excluding hydrogens is 337 g/mol. The Hall–Kier alpha value is -0.510. The first-order chi connectivity index (χ1) is 12.2. The van der Waals surface area contributed by atoms with E-state index in [1.165, 1.54) is 25.7 Å². The maximum Gasteiger partial charge on any atom is 0.417 e. The molecule has 1 N–H and O–H groups in total. The summed E-state index contributed by atoms with van der Waals surface area (Å²) in [6.07, 6.45) is 6.28. The van der Waals surface area contributed by atoms with Gasteiger partial charge in [-0.15, -0.1) is 0 Å². The number of alkyl halides is 3. The van der Waals surface area contributed by atoms with E-state index in [-0.39, 0.29) is 18.8 Å². The van der Waals surface area contributed by atoms with Gasteiger partial charge >= 0.3 is 6.18 Å². The van der Waals surface area contributed by atoms with Crippen molar-refractivity contribution in [1.29, 1.82) is 0 Å². The molecule has 4 saturated carbocycles. The molecule has 0 aromatic carbocycles. The molecule has 0 bridgehead atoms. The molecule has 0 heterocycles. The van der Waals surface area contributed by atoms with Crippen LogP contribution >= 0.6 is 0 Å². The Bertz CT molecular complexity index is 582. The number of aliphatic hydroxyl groups is 1. The Kier molecular flexibility index (Phi) is 4.53. The summed E-state index contributed by atoms with van der Waals surface area (Å²) in [7, 11) is 0. The molecule has 4 heteroatoms. The molecule has 26 heavy (non-hydrogen) atoms. The lowest BCUT2D eigenvalue weighted by Crippen LogP contribution is -2.54. The smallest absolute Gasteiger partial charge is 0.380 e. The van der Waals surface area contributed by atoms with Crippen LogP contribution in [-0.4, -0.2) is 16.9 Å². The van der Waals surface area contributed by atoms with E-state index < -0.39 is 11.8 Å². The van der Waals surface area contributed by atoms with Crippen LogP contribution in [0.5, 0.6) is 0 Å². The average Bonchev–Trinajstić information content (AvgIpc) is 2.90. The Balaban J connectivity index is 1.53. The Morgan fingerprint density at radius 2 is 1.77 bits per heavy atom. The van der Waals surface area contributed by atoms with Crippen LogP contribution < -0.4 is 0 Å². The van der Waals surface area contributed by atoms with E-state index in [1.807, 2.05) is 0 Å². The summed E-state index contributed by atoms with van der Waals surface area (Å²) >= 11 is 0. The minimum atomic E-state index is -4.48. The van der Waals surface area contributed by atoms with E-state index >= 15 is 0 Å². The third-order valence-corrected chi connectivity index (χ3v) is 8.84. The van der Waals surface area contributed by atoms with E-state index in [0.717, 1.165) is 25.2 Å². The molecule has 0 saturated heterocycles. The first-order valence-electron chi connectivity index (χ1n) is 10.7. The zero-order chi connectivity index (χ0) is 18.7. The van der Waals surface area contributed by atoms with Gasteiger partial charge in [-0.25, -0.2) is 0 Å². The molecule has 0 aliphatic heterocycles. The molecule has 0 radical (unpaired) electrons. The number of halogens is 3. The molecule has 148 valence electrons. The van der Waals surface area contributed by atoms with Gasteiger partial charge in [-0.05, 0) is 99.2 Å². The second kappa shape index (κ2) is 6.25. The van der Waals surface area contributed by atoms with Crippen LogP contribution in [0, 0.1) is 35.0 Å². The summed E-state index contributed by atoms with van der Waals surface area (Å²) < 4.78 is 39.9. The Morgan fingerprint density at radius 3 is 2.46 bits per heavy atom. The van der Waals surface area contributed by atoms with Gasteiger partial charge in [-0.3, -0.25) is 0 Å². The van der Waals surface area contributed by atoms with Gasteiger partial charge in [0, 0.05) is 0 Å².